The van der Waals surface area contributed by atoms with Crippen molar-refractivity contribution in [1.29, 1.82) is 0 Å². The Morgan fingerprint density at radius 3 is 2.48 bits per heavy atom. The predicted octanol–water partition coefficient (Wildman–Crippen LogP) is 3.20. The number of nitrogens with zero attached hydrogens (tertiary/aromatic N) is 1. The molecule has 146 valence electrons. The van der Waals surface area contributed by atoms with Crippen molar-refractivity contribution >= 4 is 33.4 Å². The minimum atomic E-state index is -3.58. The number of thioether (sulfide) groups is 1. The molecule has 0 aliphatic rings. The summed E-state index contributed by atoms with van der Waals surface area (Å²) < 4.78 is 25.7. The summed E-state index contributed by atoms with van der Waals surface area (Å²) in [7, 11) is -3.58. The Balaban J connectivity index is 1.91. The van der Waals surface area contributed by atoms with Crippen LogP contribution in [0.5, 0.6) is 0 Å². The molecule has 0 spiro atoms. The fraction of sp³-hybridized carbons (Fsp3) is 0.350. The number of hydrogen-bond acceptors (Lipinski definition) is 4. The molecule has 1 atom stereocenters. The predicted molar refractivity (Wildman–Crippen MR) is 114 cm³/mol. The second-order valence-electron chi connectivity index (χ2n) is 6.40. The average Bonchev–Trinajstić information content (AvgIpc) is 2.61. The molecule has 2 aromatic rings. The van der Waals surface area contributed by atoms with E-state index in [2.05, 4.69) is 17.4 Å². The molecular weight excluding hydrogens is 380 g/mol. The maximum atomic E-state index is 12.5. The van der Waals surface area contributed by atoms with E-state index in [0.717, 1.165) is 23.3 Å². The zero-order chi connectivity index (χ0) is 19.9. The zero-order valence-electron chi connectivity index (χ0n) is 15.9. The number of anilines is 1. The van der Waals surface area contributed by atoms with Gasteiger partial charge in [0.05, 0.1) is 11.9 Å². The van der Waals surface area contributed by atoms with Crippen molar-refractivity contribution in [1.82, 2.24) is 5.32 Å². The molecule has 0 radical (unpaired) electrons. The van der Waals surface area contributed by atoms with Gasteiger partial charge in [0.15, 0.2) is 0 Å². The normalized spacial score (nSPS) is 12.4. The first-order valence-corrected chi connectivity index (χ1v) is 11.7. The maximum absolute atomic E-state index is 12.5. The summed E-state index contributed by atoms with van der Waals surface area (Å²) in [4.78, 5) is 12.5. The molecule has 0 aliphatic carbocycles. The molecule has 0 unspecified atom stereocenters. The van der Waals surface area contributed by atoms with Crippen LogP contribution in [0.2, 0.25) is 0 Å². The largest absolute Gasteiger partial charge is 0.353 e. The van der Waals surface area contributed by atoms with E-state index in [1.165, 1.54) is 9.87 Å². The summed E-state index contributed by atoms with van der Waals surface area (Å²) in [5.41, 5.74) is 2.68. The fourth-order valence-electron chi connectivity index (χ4n) is 2.73. The van der Waals surface area contributed by atoms with Gasteiger partial charge in [-0.3, -0.25) is 9.10 Å². The van der Waals surface area contributed by atoms with Gasteiger partial charge < -0.3 is 5.32 Å². The second-order valence-corrected chi connectivity index (χ2v) is 9.37. The van der Waals surface area contributed by atoms with Gasteiger partial charge >= 0.3 is 0 Å². The van der Waals surface area contributed by atoms with E-state index in [1.807, 2.05) is 31.2 Å². The third-order valence-corrected chi connectivity index (χ3v) is 6.27. The van der Waals surface area contributed by atoms with Crippen molar-refractivity contribution in [2.24, 2.45) is 0 Å². The van der Waals surface area contributed by atoms with Gasteiger partial charge in [0.2, 0.25) is 15.9 Å². The van der Waals surface area contributed by atoms with Gasteiger partial charge in [0.1, 0.15) is 6.04 Å². The molecule has 7 heteroatoms. The Kier molecular flexibility index (Phi) is 7.74. The lowest BCUT2D eigenvalue weighted by Gasteiger charge is -2.28. The van der Waals surface area contributed by atoms with Crippen LogP contribution in [0.4, 0.5) is 5.69 Å². The number of carbonyl (C=O) groups is 1. The molecule has 2 aromatic carbocycles. The molecule has 0 saturated heterocycles. The average molecular weight is 407 g/mol. The number of carbonyl (C=O) groups excluding carboxylic acids is 1. The summed E-state index contributed by atoms with van der Waals surface area (Å²) in [6, 6.07) is 16.5. The van der Waals surface area contributed by atoms with Crippen molar-refractivity contribution in [2.75, 3.05) is 22.9 Å². The smallest absolute Gasteiger partial charge is 0.243 e. The summed E-state index contributed by atoms with van der Waals surface area (Å²) in [6.45, 7) is 3.99. The highest BCUT2D eigenvalue weighted by atomic mass is 32.2. The summed E-state index contributed by atoms with van der Waals surface area (Å²) in [5.74, 6) is 1.34. The van der Waals surface area contributed by atoms with Crippen LogP contribution in [0.25, 0.3) is 0 Å². The van der Waals surface area contributed by atoms with Crippen molar-refractivity contribution in [2.45, 2.75) is 25.6 Å². The molecule has 1 amide bonds. The molecule has 0 aliphatic heterocycles. The number of hydrogen-bond donors (Lipinski definition) is 1. The van der Waals surface area contributed by atoms with E-state index in [-0.39, 0.29) is 5.91 Å². The van der Waals surface area contributed by atoms with Gasteiger partial charge in [-0.1, -0.05) is 42.5 Å². The molecule has 0 aromatic heterocycles. The number of amides is 1. The summed E-state index contributed by atoms with van der Waals surface area (Å²) >= 11 is 1.73. The molecule has 0 fully saturated rings. The maximum Gasteiger partial charge on any atom is 0.243 e. The van der Waals surface area contributed by atoms with Crippen molar-refractivity contribution in [3.63, 3.8) is 0 Å². The molecular formula is C20H26N2O3S2. The fourth-order valence-corrected chi connectivity index (χ4v) is 4.72. The van der Waals surface area contributed by atoms with Crippen LogP contribution in [-0.2, 0) is 20.6 Å². The first-order valence-electron chi connectivity index (χ1n) is 8.74. The first-order chi connectivity index (χ1) is 12.8. The van der Waals surface area contributed by atoms with Crippen LogP contribution in [0.3, 0.4) is 0 Å². The van der Waals surface area contributed by atoms with Gasteiger partial charge in [-0.05, 0) is 37.1 Å². The monoisotopic (exact) mass is 406 g/mol. The van der Waals surface area contributed by atoms with Crippen LogP contribution < -0.4 is 9.62 Å². The number of aryl methyl sites for hydroxylation is 1. The van der Waals surface area contributed by atoms with E-state index < -0.39 is 16.1 Å². The van der Waals surface area contributed by atoms with Crippen LogP contribution in [0.1, 0.15) is 18.1 Å². The van der Waals surface area contributed by atoms with E-state index >= 15 is 0 Å². The van der Waals surface area contributed by atoms with Crippen molar-refractivity contribution < 1.29 is 13.2 Å². The van der Waals surface area contributed by atoms with E-state index in [4.69, 9.17) is 0 Å². The molecule has 2 rings (SSSR count). The molecule has 0 saturated carbocycles. The number of rotatable bonds is 9. The third kappa shape index (κ3) is 6.59. The standard InChI is InChI=1S/C20H26N2O3S2/c1-16-8-7-11-19(14-16)22(27(3,24)25)17(2)20(23)21-12-13-26-15-18-9-5-4-6-10-18/h4-11,14,17H,12-13,15H2,1-3H3,(H,21,23)/t17-/m1/s1. The molecule has 0 bridgehead atoms. The Bertz CT molecular complexity index is 855. The number of nitrogens with one attached hydrogen (secondary N) is 1. The summed E-state index contributed by atoms with van der Waals surface area (Å²) in [5, 5.41) is 2.84. The van der Waals surface area contributed by atoms with Gasteiger partial charge in [-0.25, -0.2) is 8.42 Å². The topological polar surface area (TPSA) is 66.5 Å². The zero-order valence-corrected chi connectivity index (χ0v) is 17.5. The van der Waals surface area contributed by atoms with Gasteiger partial charge in [-0.2, -0.15) is 11.8 Å². The number of sulfonamides is 1. The lowest BCUT2D eigenvalue weighted by atomic mass is 10.2. The SMILES string of the molecule is Cc1cccc(N([C@H](C)C(=O)NCCSCc2ccccc2)S(C)(=O)=O)c1. The highest BCUT2D eigenvalue weighted by molar-refractivity contribution is 7.98. The van der Waals surface area contributed by atoms with Gasteiger partial charge in [-0.15, -0.1) is 0 Å². The van der Waals surface area contributed by atoms with Crippen LogP contribution in [0.15, 0.2) is 54.6 Å². The Morgan fingerprint density at radius 1 is 1.15 bits per heavy atom. The molecule has 5 nitrogen and oxygen atoms in total. The van der Waals surface area contributed by atoms with Crippen molar-refractivity contribution in [3.8, 4) is 0 Å². The lowest BCUT2D eigenvalue weighted by Crippen LogP contribution is -2.48. The Morgan fingerprint density at radius 2 is 1.85 bits per heavy atom. The van der Waals surface area contributed by atoms with Crippen molar-refractivity contribution in [3.05, 3.63) is 65.7 Å². The van der Waals surface area contributed by atoms with E-state index in [1.54, 1.807) is 36.9 Å². The van der Waals surface area contributed by atoms with E-state index in [0.29, 0.717) is 12.2 Å². The Hall–Kier alpha value is -1.99. The minimum Gasteiger partial charge on any atom is -0.353 e. The third-order valence-electron chi connectivity index (χ3n) is 4.00. The molecule has 0 heterocycles. The lowest BCUT2D eigenvalue weighted by molar-refractivity contribution is -0.121. The van der Waals surface area contributed by atoms with Gasteiger partial charge in [0, 0.05) is 18.1 Å². The highest BCUT2D eigenvalue weighted by Gasteiger charge is 2.28. The minimum absolute atomic E-state index is 0.303. The van der Waals surface area contributed by atoms with Crippen LogP contribution >= 0.6 is 11.8 Å². The first kappa shape index (κ1) is 21.3. The van der Waals surface area contributed by atoms with Gasteiger partial charge in [0.25, 0.3) is 0 Å². The van der Waals surface area contributed by atoms with E-state index in [9.17, 15) is 13.2 Å². The quantitative estimate of drug-likeness (QED) is 0.650. The highest BCUT2D eigenvalue weighted by Crippen LogP contribution is 2.22. The second kappa shape index (κ2) is 9.80. The molecule has 27 heavy (non-hydrogen) atoms. The Labute approximate surface area is 166 Å². The summed E-state index contributed by atoms with van der Waals surface area (Å²) in [6.07, 6.45) is 1.12. The van der Waals surface area contributed by atoms with Crippen LogP contribution in [-0.4, -0.2) is 38.9 Å². The number of benzene rings is 2. The van der Waals surface area contributed by atoms with Crippen LogP contribution in [0, 0.1) is 6.92 Å². The molecule has 1 N–H and O–H groups in total.